The van der Waals surface area contributed by atoms with Gasteiger partial charge in [0.05, 0.1) is 16.0 Å². The molecule has 0 aromatic heterocycles. The van der Waals surface area contributed by atoms with Gasteiger partial charge in [-0.1, -0.05) is 25.5 Å². The molecule has 0 bridgehead atoms. The van der Waals surface area contributed by atoms with Crippen molar-refractivity contribution in [3.8, 4) is 0 Å². The molecule has 9 heteroatoms. The molecule has 0 saturated carbocycles. The molecule has 1 saturated heterocycles. The number of rotatable bonds is 9. The first-order valence-corrected chi connectivity index (χ1v) is 13.6. The molecule has 0 radical (unpaired) electrons. The summed E-state index contributed by atoms with van der Waals surface area (Å²) in [6.07, 6.45) is 3.98. The fraction of sp³-hybridized carbons (Fsp3) is 0.423. The summed E-state index contributed by atoms with van der Waals surface area (Å²) >= 11 is 0. The van der Waals surface area contributed by atoms with Crippen molar-refractivity contribution in [2.45, 2.75) is 50.3 Å². The molecule has 2 aliphatic heterocycles. The van der Waals surface area contributed by atoms with E-state index in [2.05, 4.69) is 12.2 Å². The lowest BCUT2D eigenvalue weighted by Crippen LogP contribution is -2.37. The van der Waals surface area contributed by atoms with E-state index < -0.39 is 10.0 Å². The lowest BCUT2D eigenvalue weighted by Gasteiger charge is -2.29. The number of imide groups is 1. The van der Waals surface area contributed by atoms with Crippen LogP contribution in [-0.2, 0) is 14.8 Å². The summed E-state index contributed by atoms with van der Waals surface area (Å²) in [7, 11) is -3.51. The zero-order chi connectivity index (χ0) is 25.0. The summed E-state index contributed by atoms with van der Waals surface area (Å²) < 4.78 is 27.2. The van der Waals surface area contributed by atoms with Crippen LogP contribution < -0.4 is 5.32 Å². The number of hydrogen-bond acceptors (Lipinski definition) is 5. The van der Waals surface area contributed by atoms with Gasteiger partial charge in [0, 0.05) is 31.7 Å². The van der Waals surface area contributed by atoms with Crippen LogP contribution in [0.15, 0.2) is 53.4 Å². The highest BCUT2D eigenvalue weighted by molar-refractivity contribution is 7.89. The van der Waals surface area contributed by atoms with Crippen LogP contribution in [0.1, 0.15) is 66.2 Å². The highest BCUT2D eigenvalue weighted by atomic mass is 32.2. The molecule has 186 valence electrons. The Balaban J connectivity index is 1.19. The summed E-state index contributed by atoms with van der Waals surface area (Å²) in [6.45, 7) is 3.54. The average Bonchev–Trinajstić information content (AvgIpc) is 3.09. The van der Waals surface area contributed by atoms with Gasteiger partial charge in [-0.05, 0) is 68.0 Å². The van der Waals surface area contributed by atoms with Crippen LogP contribution in [0.25, 0.3) is 0 Å². The van der Waals surface area contributed by atoms with Gasteiger partial charge in [-0.15, -0.1) is 0 Å². The summed E-state index contributed by atoms with van der Waals surface area (Å²) in [4.78, 5) is 38.5. The van der Waals surface area contributed by atoms with Gasteiger partial charge in [0.2, 0.25) is 15.9 Å². The minimum absolute atomic E-state index is 0.161. The Kier molecular flexibility index (Phi) is 7.66. The predicted octanol–water partition coefficient (Wildman–Crippen LogP) is 3.90. The molecule has 0 unspecified atom stereocenters. The molecule has 8 nitrogen and oxygen atoms in total. The Morgan fingerprint density at radius 1 is 0.914 bits per heavy atom. The minimum Gasteiger partial charge on any atom is -0.326 e. The molecule has 2 aromatic rings. The van der Waals surface area contributed by atoms with Gasteiger partial charge in [0.15, 0.2) is 0 Å². The Morgan fingerprint density at radius 2 is 1.51 bits per heavy atom. The Labute approximate surface area is 206 Å². The molecular weight excluding hydrogens is 466 g/mol. The Morgan fingerprint density at radius 3 is 2.11 bits per heavy atom. The maximum Gasteiger partial charge on any atom is 0.261 e. The van der Waals surface area contributed by atoms with E-state index in [4.69, 9.17) is 0 Å². The zero-order valence-electron chi connectivity index (χ0n) is 19.9. The molecular formula is C26H31N3O5S. The van der Waals surface area contributed by atoms with Crippen LogP contribution in [0.4, 0.5) is 5.69 Å². The minimum atomic E-state index is -3.51. The molecule has 2 heterocycles. The molecule has 1 N–H and O–H groups in total. The third kappa shape index (κ3) is 5.62. The van der Waals surface area contributed by atoms with Crippen LogP contribution in [0.2, 0.25) is 0 Å². The van der Waals surface area contributed by atoms with E-state index in [0.29, 0.717) is 68.0 Å². The van der Waals surface area contributed by atoms with E-state index in [1.807, 2.05) is 0 Å². The fourth-order valence-corrected chi connectivity index (χ4v) is 5.95. The van der Waals surface area contributed by atoms with Gasteiger partial charge in [-0.2, -0.15) is 4.31 Å². The van der Waals surface area contributed by atoms with Crippen LogP contribution in [-0.4, -0.2) is 55.0 Å². The number of benzene rings is 2. The van der Waals surface area contributed by atoms with Crippen molar-refractivity contribution in [3.05, 3.63) is 59.7 Å². The summed E-state index contributed by atoms with van der Waals surface area (Å²) in [6, 6.07) is 13.1. The molecule has 2 aliphatic rings. The number of carbonyl (C=O) groups excluding carboxylic acids is 3. The van der Waals surface area contributed by atoms with Gasteiger partial charge < -0.3 is 5.32 Å². The number of anilines is 1. The van der Waals surface area contributed by atoms with Gasteiger partial charge >= 0.3 is 0 Å². The second-order valence-electron chi connectivity index (χ2n) is 9.28. The number of hydrogen-bond donors (Lipinski definition) is 1. The summed E-state index contributed by atoms with van der Waals surface area (Å²) in [5.41, 5.74) is 1.44. The summed E-state index contributed by atoms with van der Waals surface area (Å²) in [5.74, 6) is -0.139. The average molecular weight is 498 g/mol. The largest absolute Gasteiger partial charge is 0.326 e. The van der Waals surface area contributed by atoms with Crippen molar-refractivity contribution in [3.63, 3.8) is 0 Å². The molecule has 0 aliphatic carbocycles. The SMILES string of the molecule is CC1CCN(S(=O)(=O)c2ccc(NC(=O)CCCCCN3C(=O)c4ccccc4C3=O)cc2)CC1. The number of carbonyl (C=O) groups is 3. The lowest BCUT2D eigenvalue weighted by molar-refractivity contribution is -0.116. The van der Waals surface area contributed by atoms with Crippen molar-refractivity contribution in [1.29, 1.82) is 0 Å². The predicted molar refractivity (Wildman–Crippen MR) is 133 cm³/mol. The first-order valence-electron chi connectivity index (χ1n) is 12.1. The number of sulfonamides is 1. The number of nitrogens with one attached hydrogen (secondary N) is 1. The molecule has 0 atom stereocenters. The van der Waals surface area contributed by atoms with E-state index in [1.165, 1.54) is 21.3 Å². The third-order valence-corrected chi connectivity index (χ3v) is 8.60. The smallest absolute Gasteiger partial charge is 0.261 e. The molecule has 4 rings (SSSR count). The number of nitrogens with zero attached hydrogens (tertiary/aromatic N) is 2. The van der Waals surface area contributed by atoms with Crippen LogP contribution in [0.3, 0.4) is 0 Å². The van der Waals surface area contributed by atoms with Crippen LogP contribution in [0, 0.1) is 5.92 Å². The lowest BCUT2D eigenvalue weighted by atomic mass is 10.0. The normalized spacial score (nSPS) is 17.0. The molecule has 1 fully saturated rings. The quantitative estimate of drug-likeness (QED) is 0.418. The van der Waals surface area contributed by atoms with Crippen LogP contribution >= 0.6 is 0 Å². The van der Waals surface area contributed by atoms with Crippen molar-refractivity contribution < 1.29 is 22.8 Å². The van der Waals surface area contributed by atoms with Crippen molar-refractivity contribution in [1.82, 2.24) is 9.21 Å². The van der Waals surface area contributed by atoms with Crippen molar-refractivity contribution >= 4 is 33.4 Å². The maximum atomic E-state index is 12.8. The maximum absolute atomic E-state index is 12.8. The second-order valence-corrected chi connectivity index (χ2v) is 11.2. The highest BCUT2D eigenvalue weighted by Crippen LogP contribution is 2.25. The van der Waals surface area contributed by atoms with Gasteiger partial charge in [-0.25, -0.2) is 8.42 Å². The number of unbranched alkanes of at least 4 members (excludes halogenated alkanes) is 2. The number of amides is 3. The molecule has 35 heavy (non-hydrogen) atoms. The molecule has 3 amide bonds. The zero-order valence-corrected chi connectivity index (χ0v) is 20.7. The van der Waals surface area contributed by atoms with E-state index in [9.17, 15) is 22.8 Å². The standard InChI is InChI=1S/C26H31N3O5S/c1-19-14-17-28(18-15-19)35(33,34)21-12-10-20(11-13-21)27-24(30)9-3-2-6-16-29-25(31)22-7-4-5-8-23(22)26(29)32/h4-5,7-8,10-13,19H,2-3,6,9,14-18H2,1H3,(H,27,30). The van der Waals surface area contributed by atoms with Gasteiger partial charge in [0.1, 0.15) is 0 Å². The Bertz CT molecular complexity index is 1170. The van der Waals surface area contributed by atoms with E-state index in [1.54, 1.807) is 36.4 Å². The molecule has 2 aromatic carbocycles. The fourth-order valence-electron chi connectivity index (χ4n) is 4.48. The van der Waals surface area contributed by atoms with Crippen molar-refractivity contribution in [2.75, 3.05) is 25.0 Å². The Hall–Kier alpha value is -3.04. The monoisotopic (exact) mass is 497 g/mol. The van der Waals surface area contributed by atoms with Crippen LogP contribution in [0.5, 0.6) is 0 Å². The van der Waals surface area contributed by atoms with E-state index in [0.717, 1.165) is 12.8 Å². The first kappa shape index (κ1) is 25.1. The third-order valence-electron chi connectivity index (χ3n) is 6.68. The summed E-state index contributed by atoms with van der Waals surface area (Å²) in [5, 5.41) is 2.80. The highest BCUT2D eigenvalue weighted by Gasteiger charge is 2.34. The topological polar surface area (TPSA) is 104 Å². The van der Waals surface area contributed by atoms with E-state index >= 15 is 0 Å². The number of fused-ring (bicyclic) bond motifs is 1. The van der Waals surface area contributed by atoms with Crippen molar-refractivity contribution in [2.24, 2.45) is 5.92 Å². The van der Waals surface area contributed by atoms with E-state index in [-0.39, 0.29) is 22.6 Å². The number of piperidine rings is 1. The molecule has 0 spiro atoms. The van der Waals surface area contributed by atoms with Gasteiger partial charge in [0.25, 0.3) is 11.8 Å². The second kappa shape index (κ2) is 10.7. The van der Waals surface area contributed by atoms with Gasteiger partial charge in [-0.3, -0.25) is 19.3 Å². The first-order chi connectivity index (χ1) is 16.8.